The van der Waals surface area contributed by atoms with E-state index < -0.39 is 20.0 Å². The molecule has 0 spiro atoms. The zero-order valence-electron chi connectivity index (χ0n) is 15.0. The molecular formula is C16H22N4O4S2. The van der Waals surface area contributed by atoms with E-state index in [1.165, 1.54) is 19.5 Å². The minimum absolute atomic E-state index is 0.113. The molecule has 0 N–H and O–H groups in total. The molecule has 1 aliphatic rings. The van der Waals surface area contributed by atoms with Crippen LogP contribution in [0, 0.1) is 13.8 Å². The van der Waals surface area contributed by atoms with Crippen LogP contribution in [0.25, 0.3) is 0 Å². The van der Waals surface area contributed by atoms with Gasteiger partial charge in [0.15, 0.2) is 0 Å². The number of aryl methyl sites for hydroxylation is 3. The minimum Gasteiger partial charge on any atom is -0.274 e. The van der Waals surface area contributed by atoms with Gasteiger partial charge in [0.05, 0.1) is 10.6 Å². The van der Waals surface area contributed by atoms with Gasteiger partial charge < -0.3 is 0 Å². The summed E-state index contributed by atoms with van der Waals surface area (Å²) in [5.41, 5.74) is 1.41. The van der Waals surface area contributed by atoms with E-state index in [0.717, 1.165) is 5.56 Å². The van der Waals surface area contributed by atoms with Crippen molar-refractivity contribution in [2.24, 2.45) is 7.05 Å². The van der Waals surface area contributed by atoms with Gasteiger partial charge in [-0.3, -0.25) is 4.68 Å². The van der Waals surface area contributed by atoms with Crippen molar-refractivity contribution in [1.29, 1.82) is 0 Å². The molecule has 1 saturated heterocycles. The molecule has 0 atom stereocenters. The summed E-state index contributed by atoms with van der Waals surface area (Å²) in [5.74, 6) is 0. The van der Waals surface area contributed by atoms with E-state index >= 15 is 0 Å². The first-order chi connectivity index (χ1) is 12.1. The Morgan fingerprint density at radius 3 is 1.81 bits per heavy atom. The lowest BCUT2D eigenvalue weighted by Gasteiger charge is -2.33. The fourth-order valence-electron chi connectivity index (χ4n) is 2.98. The first-order valence-corrected chi connectivity index (χ1v) is 11.1. The molecule has 26 heavy (non-hydrogen) atoms. The van der Waals surface area contributed by atoms with Crippen molar-refractivity contribution in [2.75, 3.05) is 26.2 Å². The molecule has 2 aromatic rings. The molecule has 1 fully saturated rings. The Labute approximate surface area is 154 Å². The highest BCUT2D eigenvalue weighted by molar-refractivity contribution is 7.89. The van der Waals surface area contributed by atoms with E-state index in [1.807, 2.05) is 6.92 Å². The van der Waals surface area contributed by atoms with Crippen LogP contribution in [-0.2, 0) is 27.1 Å². The number of rotatable bonds is 4. The maximum Gasteiger partial charge on any atom is 0.246 e. The van der Waals surface area contributed by atoms with Crippen LogP contribution in [0.15, 0.2) is 40.3 Å². The molecule has 0 radical (unpaired) electrons. The molecule has 1 aromatic carbocycles. The molecule has 0 saturated carbocycles. The summed E-state index contributed by atoms with van der Waals surface area (Å²) in [5, 5.41) is 4.08. The van der Waals surface area contributed by atoms with Crippen LogP contribution in [-0.4, -0.2) is 61.4 Å². The van der Waals surface area contributed by atoms with Gasteiger partial charge in [0.25, 0.3) is 0 Å². The minimum atomic E-state index is -3.68. The maximum absolute atomic E-state index is 12.8. The third kappa shape index (κ3) is 3.41. The molecule has 0 amide bonds. The lowest BCUT2D eigenvalue weighted by atomic mass is 10.2. The number of hydrogen-bond acceptors (Lipinski definition) is 5. The maximum atomic E-state index is 12.8. The summed E-state index contributed by atoms with van der Waals surface area (Å²) < 4.78 is 55.1. The van der Waals surface area contributed by atoms with Gasteiger partial charge in [0.1, 0.15) is 4.90 Å². The van der Waals surface area contributed by atoms with Gasteiger partial charge in [-0.15, -0.1) is 0 Å². The summed E-state index contributed by atoms with van der Waals surface area (Å²) >= 11 is 0. The molecule has 3 rings (SSSR count). The Balaban J connectivity index is 1.77. The van der Waals surface area contributed by atoms with Crippen molar-refractivity contribution in [3.63, 3.8) is 0 Å². The topological polar surface area (TPSA) is 92.6 Å². The van der Waals surface area contributed by atoms with Gasteiger partial charge in [-0.25, -0.2) is 16.8 Å². The highest BCUT2D eigenvalue weighted by Crippen LogP contribution is 2.23. The second-order valence-electron chi connectivity index (χ2n) is 6.37. The highest BCUT2D eigenvalue weighted by Gasteiger charge is 2.35. The van der Waals surface area contributed by atoms with Crippen LogP contribution in [0.3, 0.4) is 0 Å². The number of piperazine rings is 1. The van der Waals surface area contributed by atoms with E-state index in [-0.39, 0.29) is 36.0 Å². The standard InChI is InChI=1S/C16H22N4O4S2/c1-13-4-6-15(7-5-13)25(21,22)19-8-10-20(11-9-19)26(23,24)16-12-18(3)17-14(16)2/h4-7,12H,8-11H2,1-3H3. The fraction of sp³-hybridized carbons (Fsp3) is 0.438. The summed E-state index contributed by atoms with van der Waals surface area (Å²) in [7, 11) is -5.64. The van der Waals surface area contributed by atoms with E-state index in [9.17, 15) is 16.8 Å². The van der Waals surface area contributed by atoms with E-state index in [1.54, 1.807) is 38.2 Å². The third-order valence-corrected chi connectivity index (χ3v) is 8.36. The van der Waals surface area contributed by atoms with Crippen LogP contribution in [0.1, 0.15) is 11.3 Å². The largest absolute Gasteiger partial charge is 0.274 e. The first-order valence-electron chi connectivity index (χ1n) is 8.19. The summed E-state index contributed by atoms with van der Waals surface area (Å²) in [4.78, 5) is 0.386. The Morgan fingerprint density at radius 1 is 0.846 bits per heavy atom. The highest BCUT2D eigenvalue weighted by atomic mass is 32.2. The molecule has 1 aromatic heterocycles. The number of aromatic nitrogens is 2. The molecule has 142 valence electrons. The first kappa shape index (κ1) is 19.0. The van der Waals surface area contributed by atoms with Crippen molar-refractivity contribution in [1.82, 2.24) is 18.4 Å². The number of hydrogen-bond donors (Lipinski definition) is 0. The second kappa shape index (κ2) is 6.76. The Morgan fingerprint density at radius 2 is 1.35 bits per heavy atom. The summed E-state index contributed by atoms with van der Waals surface area (Å²) in [6.07, 6.45) is 1.47. The zero-order chi connectivity index (χ0) is 19.1. The van der Waals surface area contributed by atoms with Crippen molar-refractivity contribution >= 4 is 20.0 Å². The van der Waals surface area contributed by atoms with Crippen LogP contribution < -0.4 is 0 Å². The van der Waals surface area contributed by atoms with Gasteiger partial charge in [0.2, 0.25) is 20.0 Å². The number of benzene rings is 1. The Kier molecular flexibility index (Phi) is 4.95. The van der Waals surface area contributed by atoms with Gasteiger partial charge in [-0.2, -0.15) is 13.7 Å². The van der Waals surface area contributed by atoms with E-state index in [2.05, 4.69) is 5.10 Å². The second-order valence-corrected chi connectivity index (χ2v) is 10.2. The SMILES string of the molecule is Cc1ccc(S(=O)(=O)N2CCN(S(=O)(=O)c3cn(C)nc3C)CC2)cc1. The average Bonchev–Trinajstić information content (AvgIpc) is 2.94. The molecule has 10 heteroatoms. The molecule has 2 heterocycles. The summed E-state index contributed by atoms with van der Waals surface area (Å²) in [6, 6.07) is 6.65. The lowest BCUT2D eigenvalue weighted by molar-refractivity contribution is 0.272. The van der Waals surface area contributed by atoms with Crippen LogP contribution in [0.4, 0.5) is 0 Å². The third-order valence-electron chi connectivity index (χ3n) is 4.44. The molecular weight excluding hydrogens is 376 g/mol. The normalized spacial score (nSPS) is 17.5. The monoisotopic (exact) mass is 398 g/mol. The Bertz CT molecular complexity index is 1000. The van der Waals surface area contributed by atoms with Gasteiger partial charge in [-0.05, 0) is 26.0 Å². The summed E-state index contributed by atoms with van der Waals surface area (Å²) in [6.45, 7) is 4.00. The molecule has 0 aliphatic carbocycles. The predicted octanol–water partition coefficient (Wildman–Crippen LogP) is 0.732. The van der Waals surface area contributed by atoms with Crippen LogP contribution >= 0.6 is 0 Å². The molecule has 0 bridgehead atoms. The van der Waals surface area contributed by atoms with E-state index in [0.29, 0.717) is 5.69 Å². The molecule has 8 nitrogen and oxygen atoms in total. The zero-order valence-corrected chi connectivity index (χ0v) is 16.6. The quantitative estimate of drug-likeness (QED) is 0.757. The Hall–Kier alpha value is -1.75. The predicted molar refractivity (Wildman–Crippen MR) is 96.6 cm³/mol. The van der Waals surface area contributed by atoms with Crippen molar-refractivity contribution in [3.8, 4) is 0 Å². The van der Waals surface area contributed by atoms with Crippen molar-refractivity contribution < 1.29 is 16.8 Å². The molecule has 0 unspecified atom stereocenters. The van der Waals surface area contributed by atoms with Crippen molar-refractivity contribution in [3.05, 3.63) is 41.7 Å². The van der Waals surface area contributed by atoms with Crippen LogP contribution in [0.5, 0.6) is 0 Å². The van der Waals surface area contributed by atoms with Gasteiger partial charge in [0, 0.05) is 39.4 Å². The number of sulfonamides is 2. The average molecular weight is 399 g/mol. The molecule has 1 aliphatic heterocycles. The van der Waals surface area contributed by atoms with Gasteiger partial charge >= 0.3 is 0 Å². The van der Waals surface area contributed by atoms with E-state index in [4.69, 9.17) is 0 Å². The fourth-order valence-corrected chi connectivity index (χ4v) is 6.02. The number of nitrogens with zero attached hydrogens (tertiary/aromatic N) is 4. The smallest absolute Gasteiger partial charge is 0.246 e. The van der Waals surface area contributed by atoms with Gasteiger partial charge in [-0.1, -0.05) is 17.7 Å². The van der Waals surface area contributed by atoms with Crippen LogP contribution in [0.2, 0.25) is 0 Å². The lowest BCUT2D eigenvalue weighted by Crippen LogP contribution is -2.50. The van der Waals surface area contributed by atoms with Crippen molar-refractivity contribution in [2.45, 2.75) is 23.6 Å².